The maximum atomic E-state index is 9.40. The van der Waals surface area contributed by atoms with Gasteiger partial charge in [0.15, 0.2) is 5.13 Å². The van der Waals surface area contributed by atoms with Gasteiger partial charge in [-0.05, 0) is 12.8 Å². The Morgan fingerprint density at radius 3 is 2.94 bits per heavy atom. The summed E-state index contributed by atoms with van der Waals surface area (Å²) in [6.45, 7) is 6.73. The van der Waals surface area contributed by atoms with Crippen LogP contribution in [0.25, 0.3) is 0 Å². The van der Waals surface area contributed by atoms with Crippen LogP contribution >= 0.6 is 23.1 Å². The van der Waals surface area contributed by atoms with Gasteiger partial charge in [0.05, 0.1) is 17.2 Å². The van der Waals surface area contributed by atoms with Crippen LogP contribution < -0.4 is 4.90 Å². The van der Waals surface area contributed by atoms with Crippen LogP contribution in [-0.2, 0) is 13.0 Å². The molecule has 0 spiro atoms. The standard InChI is InChI=1S/C13H22N2OS2/c1-3-5-11-12(9-16)18-13(14-11)15-6-7-17-10(4-2)8-15/h10,16H,3-9H2,1-2H3. The average molecular weight is 286 g/mol. The van der Waals surface area contributed by atoms with Gasteiger partial charge in [-0.25, -0.2) is 4.98 Å². The predicted molar refractivity (Wildman–Crippen MR) is 80.8 cm³/mol. The number of thiazole rings is 1. The molecule has 2 heterocycles. The molecule has 1 aliphatic heterocycles. The van der Waals surface area contributed by atoms with Gasteiger partial charge >= 0.3 is 0 Å². The molecule has 1 atom stereocenters. The maximum absolute atomic E-state index is 9.40. The van der Waals surface area contributed by atoms with Crippen molar-refractivity contribution in [3.63, 3.8) is 0 Å². The van der Waals surface area contributed by atoms with Gasteiger partial charge in [0.25, 0.3) is 0 Å². The smallest absolute Gasteiger partial charge is 0.185 e. The zero-order valence-corrected chi connectivity index (χ0v) is 12.8. The van der Waals surface area contributed by atoms with Gasteiger partial charge in [0, 0.05) is 24.1 Å². The fraction of sp³-hybridized carbons (Fsp3) is 0.769. The fourth-order valence-corrected chi connectivity index (χ4v) is 4.38. The molecule has 0 aromatic carbocycles. The zero-order chi connectivity index (χ0) is 13.0. The molecule has 0 amide bonds. The number of thioether (sulfide) groups is 1. The molecule has 1 N–H and O–H groups in total. The molecule has 0 bridgehead atoms. The number of hydrogen-bond donors (Lipinski definition) is 1. The minimum Gasteiger partial charge on any atom is -0.391 e. The molecule has 3 nitrogen and oxygen atoms in total. The Kier molecular flexibility index (Phi) is 5.33. The van der Waals surface area contributed by atoms with E-state index in [1.54, 1.807) is 11.3 Å². The number of hydrogen-bond acceptors (Lipinski definition) is 5. The van der Waals surface area contributed by atoms with E-state index in [1.165, 1.54) is 12.2 Å². The number of aliphatic hydroxyl groups excluding tert-OH is 1. The Labute approximate surface area is 118 Å². The molecule has 1 saturated heterocycles. The fourth-order valence-electron chi connectivity index (χ4n) is 2.20. The first kappa shape index (κ1) is 14.2. The van der Waals surface area contributed by atoms with Crippen LogP contribution in [0.3, 0.4) is 0 Å². The summed E-state index contributed by atoms with van der Waals surface area (Å²) < 4.78 is 0. The van der Waals surface area contributed by atoms with Crippen molar-refractivity contribution in [3.8, 4) is 0 Å². The summed E-state index contributed by atoms with van der Waals surface area (Å²) >= 11 is 3.75. The molecule has 18 heavy (non-hydrogen) atoms. The van der Waals surface area contributed by atoms with Gasteiger partial charge in [0.2, 0.25) is 0 Å². The van der Waals surface area contributed by atoms with Gasteiger partial charge < -0.3 is 10.0 Å². The Bertz CT molecular complexity index is 381. The lowest BCUT2D eigenvalue weighted by Crippen LogP contribution is -2.37. The van der Waals surface area contributed by atoms with Crippen LogP contribution in [0, 0.1) is 0 Å². The minimum atomic E-state index is 0.132. The molecule has 1 aliphatic rings. The minimum absolute atomic E-state index is 0.132. The van der Waals surface area contributed by atoms with Crippen molar-refractivity contribution in [3.05, 3.63) is 10.6 Å². The zero-order valence-electron chi connectivity index (χ0n) is 11.2. The van der Waals surface area contributed by atoms with Crippen molar-refractivity contribution < 1.29 is 5.11 Å². The first-order chi connectivity index (χ1) is 8.78. The van der Waals surface area contributed by atoms with Crippen LogP contribution in [-0.4, -0.2) is 34.2 Å². The van der Waals surface area contributed by atoms with Crippen molar-refractivity contribution in [2.24, 2.45) is 0 Å². The summed E-state index contributed by atoms with van der Waals surface area (Å²) in [6, 6.07) is 0. The average Bonchev–Trinajstić information content (AvgIpc) is 2.82. The highest BCUT2D eigenvalue weighted by atomic mass is 32.2. The second kappa shape index (κ2) is 6.78. The highest BCUT2D eigenvalue weighted by Crippen LogP contribution is 2.31. The number of aromatic nitrogens is 1. The Morgan fingerprint density at radius 1 is 1.44 bits per heavy atom. The van der Waals surface area contributed by atoms with Gasteiger partial charge in [-0.1, -0.05) is 31.6 Å². The first-order valence-corrected chi connectivity index (χ1v) is 8.61. The summed E-state index contributed by atoms with van der Waals surface area (Å²) in [4.78, 5) is 8.19. The molecular formula is C13H22N2OS2. The number of nitrogens with zero attached hydrogens (tertiary/aromatic N) is 2. The Morgan fingerprint density at radius 2 is 2.28 bits per heavy atom. The second-order valence-corrected chi connectivity index (χ2v) is 7.09. The normalized spacial score (nSPS) is 20.4. The molecule has 0 saturated carbocycles. The van der Waals surface area contributed by atoms with E-state index in [0.29, 0.717) is 0 Å². The van der Waals surface area contributed by atoms with Crippen LogP contribution in [0.15, 0.2) is 0 Å². The molecule has 2 rings (SSSR count). The van der Waals surface area contributed by atoms with E-state index in [-0.39, 0.29) is 6.61 Å². The third-order valence-corrected chi connectivity index (χ3v) is 5.78. The lowest BCUT2D eigenvalue weighted by Gasteiger charge is -2.31. The van der Waals surface area contributed by atoms with Crippen molar-refractivity contribution in [1.29, 1.82) is 0 Å². The van der Waals surface area contributed by atoms with Crippen LogP contribution in [0.5, 0.6) is 0 Å². The molecule has 0 radical (unpaired) electrons. The highest BCUT2D eigenvalue weighted by Gasteiger charge is 2.22. The molecule has 1 unspecified atom stereocenters. The van der Waals surface area contributed by atoms with E-state index in [0.717, 1.165) is 46.9 Å². The summed E-state index contributed by atoms with van der Waals surface area (Å²) in [7, 11) is 0. The summed E-state index contributed by atoms with van der Waals surface area (Å²) in [5, 5.41) is 11.2. The molecule has 1 aromatic rings. The largest absolute Gasteiger partial charge is 0.391 e. The number of rotatable bonds is 5. The summed E-state index contributed by atoms with van der Waals surface area (Å²) in [6.07, 6.45) is 3.29. The van der Waals surface area contributed by atoms with Crippen molar-refractivity contribution >= 4 is 28.2 Å². The van der Waals surface area contributed by atoms with Gasteiger partial charge in [-0.15, -0.1) is 0 Å². The summed E-state index contributed by atoms with van der Waals surface area (Å²) in [5.74, 6) is 1.19. The Balaban J connectivity index is 2.12. The first-order valence-electron chi connectivity index (χ1n) is 6.74. The highest BCUT2D eigenvalue weighted by molar-refractivity contribution is 8.00. The molecule has 1 fully saturated rings. The molecule has 102 valence electrons. The van der Waals surface area contributed by atoms with Crippen molar-refractivity contribution in [2.45, 2.75) is 45.0 Å². The van der Waals surface area contributed by atoms with Crippen LogP contribution in [0.2, 0.25) is 0 Å². The van der Waals surface area contributed by atoms with Gasteiger partial charge in [-0.3, -0.25) is 0 Å². The van der Waals surface area contributed by atoms with E-state index >= 15 is 0 Å². The van der Waals surface area contributed by atoms with E-state index in [9.17, 15) is 5.11 Å². The molecule has 1 aromatic heterocycles. The Hall–Kier alpha value is -0.260. The topological polar surface area (TPSA) is 36.4 Å². The molecule has 5 heteroatoms. The number of aryl methyl sites for hydroxylation is 1. The lowest BCUT2D eigenvalue weighted by molar-refractivity contribution is 0.284. The second-order valence-electron chi connectivity index (χ2n) is 4.62. The van der Waals surface area contributed by atoms with Crippen LogP contribution in [0.4, 0.5) is 5.13 Å². The number of aliphatic hydroxyl groups is 1. The van der Waals surface area contributed by atoms with E-state index < -0.39 is 0 Å². The van der Waals surface area contributed by atoms with E-state index in [2.05, 4.69) is 30.5 Å². The van der Waals surface area contributed by atoms with Crippen LogP contribution in [0.1, 0.15) is 37.3 Å². The maximum Gasteiger partial charge on any atom is 0.185 e. The molecule has 0 aliphatic carbocycles. The van der Waals surface area contributed by atoms with Gasteiger partial charge in [-0.2, -0.15) is 11.8 Å². The monoisotopic (exact) mass is 286 g/mol. The van der Waals surface area contributed by atoms with E-state index in [1.807, 2.05) is 0 Å². The van der Waals surface area contributed by atoms with Crippen molar-refractivity contribution in [2.75, 3.05) is 23.7 Å². The van der Waals surface area contributed by atoms with Crippen molar-refractivity contribution in [1.82, 2.24) is 4.98 Å². The summed E-state index contributed by atoms with van der Waals surface area (Å²) in [5.41, 5.74) is 1.10. The quantitative estimate of drug-likeness (QED) is 0.903. The molecular weight excluding hydrogens is 264 g/mol. The lowest BCUT2D eigenvalue weighted by atomic mass is 10.2. The van der Waals surface area contributed by atoms with E-state index in [4.69, 9.17) is 4.98 Å². The third-order valence-electron chi connectivity index (χ3n) is 3.26. The predicted octanol–water partition coefficient (Wildman–Crippen LogP) is 2.92. The third kappa shape index (κ3) is 3.19. The number of anilines is 1. The van der Waals surface area contributed by atoms with Gasteiger partial charge in [0.1, 0.15) is 0 Å². The SMILES string of the molecule is CCCc1nc(N2CCSC(CC)C2)sc1CO.